The fraction of sp³-hybridized carbons (Fsp3) is 0.417. The van der Waals surface area contributed by atoms with Crippen molar-refractivity contribution in [2.24, 2.45) is 0 Å². The highest BCUT2D eigenvalue weighted by atomic mass is 16.4. The van der Waals surface area contributed by atoms with Crippen molar-refractivity contribution < 1.29 is 4.42 Å². The number of oxazole rings is 1. The number of nitrogens with zero attached hydrogens (tertiary/aromatic N) is 3. The van der Waals surface area contributed by atoms with Gasteiger partial charge in [0.05, 0.1) is 0 Å². The average molecular weight is 232 g/mol. The lowest BCUT2D eigenvalue weighted by molar-refractivity contribution is 0.305. The average Bonchev–Trinajstić information content (AvgIpc) is 2.72. The van der Waals surface area contributed by atoms with Crippen LogP contribution in [0.1, 0.15) is 0 Å². The maximum atomic E-state index is 5.74. The highest BCUT2D eigenvalue weighted by Crippen LogP contribution is 2.24. The van der Waals surface area contributed by atoms with Crippen LogP contribution < -0.4 is 10.6 Å². The van der Waals surface area contributed by atoms with Gasteiger partial charge < -0.3 is 20.0 Å². The molecule has 0 bridgehead atoms. The summed E-state index contributed by atoms with van der Waals surface area (Å²) in [7, 11) is 2.13. The van der Waals surface area contributed by atoms with Crippen molar-refractivity contribution in [3.05, 3.63) is 18.2 Å². The Labute approximate surface area is 99.8 Å². The van der Waals surface area contributed by atoms with Crippen LogP contribution in [0.25, 0.3) is 11.1 Å². The minimum Gasteiger partial charge on any atom is -0.423 e. The Morgan fingerprint density at radius 1 is 1.24 bits per heavy atom. The number of nitrogen functional groups attached to an aromatic ring is 1. The molecule has 17 heavy (non-hydrogen) atoms. The monoisotopic (exact) mass is 232 g/mol. The molecule has 5 heteroatoms. The largest absolute Gasteiger partial charge is 0.423 e. The number of piperazine rings is 1. The molecule has 2 aromatic rings. The Morgan fingerprint density at radius 3 is 2.76 bits per heavy atom. The molecule has 0 saturated carbocycles. The molecule has 1 aromatic heterocycles. The number of benzene rings is 1. The van der Waals surface area contributed by atoms with Crippen LogP contribution >= 0.6 is 0 Å². The van der Waals surface area contributed by atoms with Gasteiger partial charge in [-0.25, -0.2) is 0 Å². The van der Waals surface area contributed by atoms with E-state index in [-0.39, 0.29) is 0 Å². The maximum absolute atomic E-state index is 5.74. The molecule has 1 fully saturated rings. The van der Waals surface area contributed by atoms with Crippen LogP contribution in [0.3, 0.4) is 0 Å². The van der Waals surface area contributed by atoms with Gasteiger partial charge in [0.25, 0.3) is 6.01 Å². The Kier molecular flexibility index (Phi) is 2.40. The first-order chi connectivity index (χ1) is 8.22. The lowest BCUT2D eigenvalue weighted by Crippen LogP contribution is -2.44. The molecule has 0 amide bonds. The van der Waals surface area contributed by atoms with Gasteiger partial charge in [-0.05, 0) is 25.2 Å². The molecule has 0 unspecified atom stereocenters. The van der Waals surface area contributed by atoms with Gasteiger partial charge in [-0.1, -0.05) is 0 Å². The molecule has 0 spiro atoms. The number of likely N-dealkylation sites (N-methyl/N-ethyl adjacent to an activating group) is 1. The molecule has 2 N–H and O–H groups in total. The Bertz CT molecular complexity index is 528. The van der Waals surface area contributed by atoms with Crippen molar-refractivity contribution in [3.8, 4) is 0 Å². The molecule has 1 aromatic carbocycles. The van der Waals surface area contributed by atoms with Gasteiger partial charge in [0.2, 0.25) is 0 Å². The summed E-state index contributed by atoms with van der Waals surface area (Å²) < 4.78 is 5.74. The van der Waals surface area contributed by atoms with E-state index in [1.807, 2.05) is 18.2 Å². The normalized spacial score (nSPS) is 17.8. The lowest BCUT2D eigenvalue weighted by atomic mass is 10.3. The summed E-state index contributed by atoms with van der Waals surface area (Å²) in [6.45, 7) is 4.00. The number of anilines is 2. The molecule has 5 nitrogen and oxygen atoms in total. The number of hydrogen-bond acceptors (Lipinski definition) is 5. The summed E-state index contributed by atoms with van der Waals surface area (Å²) >= 11 is 0. The summed E-state index contributed by atoms with van der Waals surface area (Å²) in [4.78, 5) is 8.96. The fourth-order valence-corrected chi connectivity index (χ4v) is 2.07. The van der Waals surface area contributed by atoms with E-state index >= 15 is 0 Å². The molecule has 0 aliphatic carbocycles. The minimum absolute atomic E-state index is 0.707. The van der Waals surface area contributed by atoms with Gasteiger partial charge in [0.15, 0.2) is 5.58 Å². The second kappa shape index (κ2) is 3.92. The van der Waals surface area contributed by atoms with E-state index in [0.717, 1.165) is 43.0 Å². The highest BCUT2D eigenvalue weighted by molar-refractivity contribution is 5.78. The van der Waals surface area contributed by atoms with Crippen LogP contribution in [0.2, 0.25) is 0 Å². The van der Waals surface area contributed by atoms with Gasteiger partial charge >= 0.3 is 0 Å². The Morgan fingerprint density at radius 2 is 2.00 bits per heavy atom. The second-order valence-electron chi connectivity index (χ2n) is 4.51. The molecule has 1 aliphatic heterocycles. The van der Waals surface area contributed by atoms with Crippen LogP contribution in [-0.4, -0.2) is 43.1 Å². The number of nitrogens with two attached hydrogens (primary N) is 1. The van der Waals surface area contributed by atoms with Crippen LogP contribution in [0.15, 0.2) is 22.6 Å². The zero-order chi connectivity index (χ0) is 11.8. The second-order valence-corrected chi connectivity index (χ2v) is 4.51. The molecule has 3 rings (SSSR count). The lowest BCUT2D eigenvalue weighted by Gasteiger charge is -2.31. The van der Waals surface area contributed by atoms with Crippen LogP contribution in [-0.2, 0) is 0 Å². The van der Waals surface area contributed by atoms with Gasteiger partial charge in [0, 0.05) is 31.9 Å². The van der Waals surface area contributed by atoms with E-state index < -0.39 is 0 Å². The summed E-state index contributed by atoms with van der Waals surface area (Å²) in [6, 6.07) is 6.26. The van der Waals surface area contributed by atoms with E-state index in [9.17, 15) is 0 Å². The highest BCUT2D eigenvalue weighted by Gasteiger charge is 2.18. The van der Waals surface area contributed by atoms with Crippen molar-refractivity contribution in [1.82, 2.24) is 9.88 Å². The molecular formula is C12H16N4O. The van der Waals surface area contributed by atoms with Crippen molar-refractivity contribution in [2.75, 3.05) is 43.9 Å². The predicted molar refractivity (Wildman–Crippen MR) is 68.1 cm³/mol. The molecule has 0 radical (unpaired) electrons. The molecule has 90 valence electrons. The van der Waals surface area contributed by atoms with Gasteiger partial charge in [-0.2, -0.15) is 4.98 Å². The summed E-state index contributed by atoms with van der Waals surface area (Å²) in [5, 5.41) is 0. The zero-order valence-electron chi connectivity index (χ0n) is 9.89. The van der Waals surface area contributed by atoms with E-state index in [2.05, 4.69) is 21.8 Å². The van der Waals surface area contributed by atoms with Crippen LogP contribution in [0.4, 0.5) is 11.7 Å². The van der Waals surface area contributed by atoms with E-state index in [4.69, 9.17) is 10.2 Å². The third-order valence-electron chi connectivity index (χ3n) is 3.17. The smallest absolute Gasteiger partial charge is 0.298 e. The number of rotatable bonds is 1. The first-order valence-corrected chi connectivity index (χ1v) is 5.82. The Hall–Kier alpha value is -1.75. The zero-order valence-corrected chi connectivity index (χ0v) is 9.89. The quantitative estimate of drug-likeness (QED) is 0.748. The van der Waals surface area contributed by atoms with Gasteiger partial charge in [0.1, 0.15) is 5.52 Å². The SMILES string of the molecule is CN1CCN(c2nc3cc(N)ccc3o2)CC1. The summed E-state index contributed by atoms with van der Waals surface area (Å²) in [5.41, 5.74) is 8.08. The Balaban J connectivity index is 1.90. The molecule has 0 atom stereocenters. The van der Waals surface area contributed by atoms with E-state index in [1.54, 1.807) is 0 Å². The van der Waals surface area contributed by atoms with E-state index in [0.29, 0.717) is 6.01 Å². The minimum atomic E-state index is 0.707. The molecule has 1 aliphatic rings. The van der Waals surface area contributed by atoms with Crippen molar-refractivity contribution in [3.63, 3.8) is 0 Å². The summed E-state index contributed by atoms with van der Waals surface area (Å²) in [6.07, 6.45) is 0. The third-order valence-corrected chi connectivity index (χ3v) is 3.17. The number of fused-ring (bicyclic) bond motifs is 1. The third kappa shape index (κ3) is 1.93. The van der Waals surface area contributed by atoms with Crippen molar-refractivity contribution in [1.29, 1.82) is 0 Å². The number of hydrogen-bond donors (Lipinski definition) is 1. The van der Waals surface area contributed by atoms with Crippen LogP contribution in [0, 0.1) is 0 Å². The maximum Gasteiger partial charge on any atom is 0.298 e. The number of aromatic nitrogens is 1. The molecule has 2 heterocycles. The predicted octanol–water partition coefficient (Wildman–Crippen LogP) is 1.16. The first-order valence-electron chi connectivity index (χ1n) is 5.82. The molecular weight excluding hydrogens is 216 g/mol. The van der Waals surface area contributed by atoms with Gasteiger partial charge in [-0.15, -0.1) is 0 Å². The van der Waals surface area contributed by atoms with Crippen molar-refractivity contribution >= 4 is 22.8 Å². The summed E-state index contributed by atoms with van der Waals surface area (Å²) in [5.74, 6) is 0. The topological polar surface area (TPSA) is 58.5 Å². The van der Waals surface area contributed by atoms with E-state index in [1.165, 1.54) is 0 Å². The molecule has 1 saturated heterocycles. The van der Waals surface area contributed by atoms with Crippen molar-refractivity contribution in [2.45, 2.75) is 0 Å². The first kappa shape index (κ1) is 10.4. The standard InChI is InChI=1S/C12H16N4O/c1-15-4-6-16(7-5-15)12-14-10-8-9(13)2-3-11(10)17-12/h2-3,8H,4-7,13H2,1H3. The fourth-order valence-electron chi connectivity index (χ4n) is 2.07. The van der Waals surface area contributed by atoms with Crippen LogP contribution in [0.5, 0.6) is 0 Å². The van der Waals surface area contributed by atoms with Gasteiger partial charge in [-0.3, -0.25) is 0 Å².